The maximum absolute atomic E-state index is 12.0. The van der Waals surface area contributed by atoms with E-state index in [9.17, 15) is 4.79 Å². The van der Waals surface area contributed by atoms with Crippen LogP contribution in [0, 0.1) is 34.5 Å². The van der Waals surface area contributed by atoms with E-state index in [1.807, 2.05) is 0 Å². The molecular formula is C21H32O3. The normalized spacial score (nSPS) is 52.8. The quantitative estimate of drug-likeness (QED) is 0.662. The lowest BCUT2D eigenvalue weighted by molar-refractivity contribution is -0.246. The number of carbonyl (C=O) groups is 1. The van der Waals surface area contributed by atoms with E-state index in [4.69, 9.17) is 9.47 Å². The third-order valence-electron chi connectivity index (χ3n) is 9.28. The van der Waals surface area contributed by atoms with Crippen LogP contribution in [-0.4, -0.2) is 24.8 Å². The fourth-order valence-electron chi connectivity index (χ4n) is 7.93. The first-order valence-electron chi connectivity index (χ1n) is 10.3. The lowest BCUT2D eigenvalue weighted by Crippen LogP contribution is -2.56. The molecule has 0 aromatic rings. The van der Waals surface area contributed by atoms with Crippen molar-refractivity contribution in [2.75, 3.05) is 13.2 Å². The van der Waals surface area contributed by atoms with Crippen molar-refractivity contribution in [1.29, 1.82) is 0 Å². The third kappa shape index (κ3) is 1.84. The molecule has 1 heterocycles. The lowest BCUT2D eigenvalue weighted by Gasteiger charge is -2.60. The Bertz CT molecular complexity index is 551. The molecule has 6 atom stereocenters. The van der Waals surface area contributed by atoms with Crippen molar-refractivity contribution < 1.29 is 14.3 Å². The van der Waals surface area contributed by atoms with Crippen LogP contribution in [0.5, 0.6) is 0 Å². The van der Waals surface area contributed by atoms with Crippen LogP contribution in [0.2, 0.25) is 0 Å². The number of carbonyl (C=O) groups excluding carboxylic acids is 1. The summed E-state index contributed by atoms with van der Waals surface area (Å²) < 4.78 is 12.5. The van der Waals surface area contributed by atoms with Gasteiger partial charge in [-0.1, -0.05) is 13.8 Å². The van der Waals surface area contributed by atoms with E-state index in [0.717, 1.165) is 56.7 Å². The monoisotopic (exact) mass is 332 g/mol. The van der Waals surface area contributed by atoms with E-state index < -0.39 is 0 Å². The molecule has 1 aliphatic heterocycles. The first-order chi connectivity index (χ1) is 11.5. The largest absolute Gasteiger partial charge is 0.347 e. The van der Waals surface area contributed by atoms with Gasteiger partial charge in [0.05, 0.1) is 13.2 Å². The number of hydrogen-bond acceptors (Lipinski definition) is 3. The van der Waals surface area contributed by atoms with Crippen LogP contribution in [0.4, 0.5) is 0 Å². The van der Waals surface area contributed by atoms with Crippen LogP contribution < -0.4 is 0 Å². The molecule has 134 valence electrons. The molecule has 5 fully saturated rings. The molecule has 1 saturated heterocycles. The number of fused-ring (bicyclic) bond motifs is 6. The highest BCUT2D eigenvalue weighted by Gasteiger charge is 2.67. The number of ether oxygens (including phenoxy) is 2. The summed E-state index contributed by atoms with van der Waals surface area (Å²) >= 11 is 0. The van der Waals surface area contributed by atoms with Gasteiger partial charge in [-0.2, -0.15) is 0 Å². The Morgan fingerprint density at radius 2 is 1.67 bits per heavy atom. The molecule has 4 saturated carbocycles. The van der Waals surface area contributed by atoms with Crippen LogP contribution in [-0.2, 0) is 14.3 Å². The summed E-state index contributed by atoms with van der Waals surface area (Å²) in [7, 11) is 0. The second-order valence-electron chi connectivity index (χ2n) is 9.84. The Morgan fingerprint density at radius 1 is 0.917 bits per heavy atom. The Hall–Kier alpha value is -0.410. The highest BCUT2D eigenvalue weighted by atomic mass is 16.7. The summed E-state index contributed by atoms with van der Waals surface area (Å²) in [5.74, 6) is 3.29. The second-order valence-corrected chi connectivity index (χ2v) is 9.84. The molecular weight excluding hydrogens is 300 g/mol. The molecule has 4 aliphatic carbocycles. The molecule has 0 aromatic carbocycles. The van der Waals surface area contributed by atoms with Gasteiger partial charge in [0.1, 0.15) is 5.78 Å². The minimum atomic E-state index is -0.275. The van der Waals surface area contributed by atoms with E-state index in [-0.39, 0.29) is 11.2 Å². The minimum absolute atomic E-state index is 0.207. The molecule has 5 rings (SSSR count). The van der Waals surface area contributed by atoms with Gasteiger partial charge < -0.3 is 9.47 Å². The minimum Gasteiger partial charge on any atom is -0.347 e. The van der Waals surface area contributed by atoms with Crippen molar-refractivity contribution in [2.24, 2.45) is 34.5 Å². The van der Waals surface area contributed by atoms with Gasteiger partial charge in [0, 0.05) is 24.7 Å². The summed E-state index contributed by atoms with van der Waals surface area (Å²) in [5, 5.41) is 0. The van der Waals surface area contributed by atoms with Gasteiger partial charge in [-0.25, -0.2) is 0 Å². The number of rotatable bonds is 0. The molecule has 24 heavy (non-hydrogen) atoms. The molecule has 1 spiro atoms. The molecule has 3 heteroatoms. The molecule has 3 nitrogen and oxygen atoms in total. The Labute approximate surface area is 145 Å². The maximum Gasteiger partial charge on any atom is 0.174 e. The van der Waals surface area contributed by atoms with Crippen molar-refractivity contribution in [3.8, 4) is 0 Å². The van der Waals surface area contributed by atoms with Crippen LogP contribution in [0.1, 0.15) is 71.6 Å². The first-order valence-corrected chi connectivity index (χ1v) is 10.3. The van der Waals surface area contributed by atoms with Gasteiger partial charge in [0.25, 0.3) is 0 Å². The topological polar surface area (TPSA) is 35.5 Å². The molecule has 0 N–H and O–H groups in total. The molecule has 0 bridgehead atoms. The highest BCUT2D eigenvalue weighted by Crippen LogP contribution is 2.69. The van der Waals surface area contributed by atoms with Crippen molar-refractivity contribution in [2.45, 2.75) is 77.4 Å². The Kier molecular flexibility index (Phi) is 3.34. The zero-order valence-corrected chi connectivity index (χ0v) is 15.3. The Morgan fingerprint density at radius 3 is 2.46 bits per heavy atom. The summed E-state index contributed by atoms with van der Waals surface area (Å²) in [6.07, 6.45) is 10.3. The van der Waals surface area contributed by atoms with Gasteiger partial charge >= 0.3 is 0 Å². The number of Topliss-reactive ketones (excluding diaryl/α,β-unsaturated/α-hetero) is 1. The van der Waals surface area contributed by atoms with Gasteiger partial charge in [0.15, 0.2) is 5.79 Å². The average molecular weight is 332 g/mol. The smallest absolute Gasteiger partial charge is 0.174 e. The fourth-order valence-corrected chi connectivity index (χ4v) is 7.93. The average Bonchev–Trinajstić information content (AvgIpc) is 3.15. The number of hydrogen-bond donors (Lipinski definition) is 0. The molecule has 1 unspecified atom stereocenters. The van der Waals surface area contributed by atoms with E-state index in [1.165, 1.54) is 32.1 Å². The lowest BCUT2D eigenvalue weighted by atomic mass is 9.45. The van der Waals surface area contributed by atoms with Gasteiger partial charge in [-0.05, 0) is 67.6 Å². The van der Waals surface area contributed by atoms with Crippen LogP contribution in [0.3, 0.4) is 0 Å². The second kappa shape index (κ2) is 5.07. The summed E-state index contributed by atoms with van der Waals surface area (Å²) in [4.78, 5) is 12.0. The van der Waals surface area contributed by atoms with E-state index in [0.29, 0.717) is 17.1 Å². The fraction of sp³-hybridized carbons (Fsp3) is 0.952. The maximum atomic E-state index is 12.0. The van der Waals surface area contributed by atoms with Gasteiger partial charge in [-0.15, -0.1) is 0 Å². The van der Waals surface area contributed by atoms with Gasteiger partial charge in [0.2, 0.25) is 0 Å². The van der Waals surface area contributed by atoms with E-state index in [2.05, 4.69) is 13.8 Å². The van der Waals surface area contributed by atoms with Crippen molar-refractivity contribution in [1.82, 2.24) is 0 Å². The van der Waals surface area contributed by atoms with Crippen molar-refractivity contribution in [3.63, 3.8) is 0 Å². The first kappa shape index (κ1) is 15.8. The highest BCUT2D eigenvalue weighted by molar-refractivity contribution is 5.79. The molecule has 0 aromatic heterocycles. The SMILES string of the molecule is C[C@]12CCC3[C@@H](CC[C@H]4CC(=O)CC[C@]34C)[C@@H]1CCC21OCCO1. The number of ketones is 1. The zero-order chi connectivity index (χ0) is 16.6. The standard InChI is InChI=1S/C21H32O3/c1-19-8-5-15(22)13-14(19)3-4-16-17(19)6-9-20(2)18(16)7-10-21(20)23-11-12-24-21/h14,16-18H,3-13H2,1-2H3/t14-,16+,17?,18-,19-,20-/m0/s1. The van der Waals surface area contributed by atoms with Crippen LogP contribution in [0.15, 0.2) is 0 Å². The summed E-state index contributed by atoms with van der Waals surface area (Å²) in [6.45, 7) is 6.54. The summed E-state index contributed by atoms with van der Waals surface area (Å²) in [6, 6.07) is 0. The summed E-state index contributed by atoms with van der Waals surface area (Å²) in [5.41, 5.74) is 0.615. The third-order valence-corrected chi connectivity index (χ3v) is 9.28. The van der Waals surface area contributed by atoms with Crippen LogP contribution in [0.25, 0.3) is 0 Å². The van der Waals surface area contributed by atoms with Gasteiger partial charge in [-0.3, -0.25) is 4.79 Å². The predicted octanol–water partition coefficient (Wildman–Crippen LogP) is 4.34. The molecule has 0 radical (unpaired) electrons. The van der Waals surface area contributed by atoms with Crippen LogP contribution >= 0.6 is 0 Å². The van der Waals surface area contributed by atoms with Crippen molar-refractivity contribution in [3.05, 3.63) is 0 Å². The molecule has 5 aliphatic rings. The van der Waals surface area contributed by atoms with E-state index >= 15 is 0 Å². The Balaban J connectivity index is 1.46. The zero-order valence-electron chi connectivity index (χ0n) is 15.3. The van der Waals surface area contributed by atoms with E-state index in [1.54, 1.807) is 0 Å². The predicted molar refractivity (Wildman–Crippen MR) is 91.4 cm³/mol. The van der Waals surface area contributed by atoms with Crippen molar-refractivity contribution >= 4 is 5.78 Å². The molecule has 0 amide bonds.